The van der Waals surface area contributed by atoms with Gasteiger partial charge >= 0.3 is 6.08 Å². The van der Waals surface area contributed by atoms with Gasteiger partial charge in [0, 0.05) is 35.2 Å². The van der Waals surface area contributed by atoms with E-state index < -0.39 is 12.0 Å². The molecule has 0 amide bonds. The number of aromatic nitrogens is 3. The summed E-state index contributed by atoms with van der Waals surface area (Å²) in [6.07, 6.45) is 1.81. The number of hydrogen-bond donors (Lipinski definition) is 0. The van der Waals surface area contributed by atoms with Crippen molar-refractivity contribution in [1.29, 1.82) is 0 Å². The van der Waals surface area contributed by atoms with Gasteiger partial charge in [-0.1, -0.05) is 54.6 Å². The Morgan fingerprint density at radius 2 is 1.59 bits per heavy atom. The number of ketones is 1. The Morgan fingerprint density at radius 1 is 0.829 bits per heavy atom. The Hall–Kier alpha value is -5.24. The lowest BCUT2D eigenvalue weighted by Gasteiger charge is -2.14. The molecule has 2 aromatic heterocycles. The van der Waals surface area contributed by atoms with Crippen molar-refractivity contribution in [2.45, 2.75) is 13.3 Å². The monoisotopic (exact) mass is 547 g/mol. The molecule has 8 heteroatoms. The van der Waals surface area contributed by atoms with E-state index in [9.17, 15) is 13.6 Å². The Labute approximate surface area is 234 Å². The molecular formula is C33H23F2N3O3. The first kappa shape index (κ1) is 26.0. The first-order valence-electron chi connectivity index (χ1n) is 12.8. The standard InChI is InChI=1S/C33H23F2N3O3/c1-19-15-27-25(17-31(19)40-2)30(13-14-36-27)41-29-8-4-5-22-23(6-3-7-24(22)29)28(39)16-20-9-11-21(12-10-20)26-18-37-33(35)38-32(26)34/h3-15,17-18H,16H2,1-2H3. The van der Waals surface area contributed by atoms with Crippen LogP contribution in [-0.2, 0) is 6.42 Å². The minimum Gasteiger partial charge on any atom is -0.496 e. The molecule has 2 heterocycles. The predicted octanol–water partition coefficient (Wildman–Crippen LogP) is 7.66. The zero-order chi connectivity index (χ0) is 28.5. The SMILES string of the molecule is COc1cc2c(Oc3cccc4c(C(=O)Cc5ccc(-c6cnc(F)nc6F)cc5)cccc34)ccnc2cc1C. The number of benzene rings is 4. The van der Waals surface area contributed by atoms with Crippen LogP contribution in [0.5, 0.6) is 17.2 Å². The number of rotatable bonds is 7. The van der Waals surface area contributed by atoms with Crippen molar-refractivity contribution < 1.29 is 23.0 Å². The van der Waals surface area contributed by atoms with Gasteiger partial charge in [-0.2, -0.15) is 13.8 Å². The number of methoxy groups -OCH3 is 1. The lowest BCUT2D eigenvalue weighted by molar-refractivity contribution is 0.0994. The van der Waals surface area contributed by atoms with Crippen LogP contribution in [0.2, 0.25) is 0 Å². The van der Waals surface area contributed by atoms with E-state index in [1.165, 1.54) is 0 Å². The number of carbonyl (C=O) groups excluding carboxylic acids is 1. The Kier molecular flexibility index (Phi) is 6.81. The predicted molar refractivity (Wildman–Crippen MR) is 152 cm³/mol. The lowest BCUT2D eigenvalue weighted by Crippen LogP contribution is -2.04. The van der Waals surface area contributed by atoms with E-state index in [4.69, 9.17) is 9.47 Å². The van der Waals surface area contributed by atoms with Crippen molar-refractivity contribution in [3.8, 4) is 28.4 Å². The Morgan fingerprint density at radius 3 is 2.37 bits per heavy atom. The zero-order valence-electron chi connectivity index (χ0n) is 22.2. The number of carbonyl (C=O) groups is 1. The van der Waals surface area contributed by atoms with Gasteiger partial charge in [0.25, 0.3) is 0 Å². The molecule has 0 aliphatic carbocycles. The van der Waals surface area contributed by atoms with Crippen LogP contribution in [-0.4, -0.2) is 27.8 Å². The molecule has 0 aliphatic heterocycles. The number of halogens is 2. The van der Waals surface area contributed by atoms with Crippen LogP contribution in [0.3, 0.4) is 0 Å². The quantitative estimate of drug-likeness (QED) is 0.116. The summed E-state index contributed by atoms with van der Waals surface area (Å²) in [6, 6.07) is 23.6. The summed E-state index contributed by atoms with van der Waals surface area (Å²) in [6.45, 7) is 1.96. The molecule has 202 valence electrons. The maximum absolute atomic E-state index is 14.0. The maximum Gasteiger partial charge on any atom is 0.311 e. The fourth-order valence-corrected chi connectivity index (χ4v) is 4.91. The first-order valence-corrected chi connectivity index (χ1v) is 12.8. The van der Waals surface area contributed by atoms with E-state index in [2.05, 4.69) is 15.0 Å². The van der Waals surface area contributed by atoms with Crippen LogP contribution in [0.25, 0.3) is 32.8 Å². The molecule has 6 aromatic rings. The molecule has 6 nitrogen and oxygen atoms in total. The lowest BCUT2D eigenvalue weighted by atomic mass is 9.96. The zero-order valence-corrected chi connectivity index (χ0v) is 22.2. The number of fused-ring (bicyclic) bond motifs is 2. The topological polar surface area (TPSA) is 74.2 Å². The molecule has 6 rings (SSSR count). The fraction of sp³-hybridized carbons (Fsp3) is 0.0909. The summed E-state index contributed by atoms with van der Waals surface area (Å²) in [5, 5.41) is 2.38. The second-order valence-electron chi connectivity index (χ2n) is 9.55. The minimum absolute atomic E-state index is 0.0774. The summed E-state index contributed by atoms with van der Waals surface area (Å²) >= 11 is 0. The third kappa shape index (κ3) is 5.07. The molecule has 41 heavy (non-hydrogen) atoms. The first-order chi connectivity index (χ1) is 19.9. The second kappa shape index (κ2) is 10.7. The molecule has 0 radical (unpaired) electrons. The van der Waals surface area contributed by atoms with Crippen LogP contribution in [0, 0.1) is 18.9 Å². The summed E-state index contributed by atoms with van der Waals surface area (Å²) in [7, 11) is 1.63. The number of pyridine rings is 1. The van der Waals surface area contributed by atoms with E-state index in [1.54, 1.807) is 49.7 Å². The highest BCUT2D eigenvalue weighted by atomic mass is 19.1. The number of hydrogen-bond acceptors (Lipinski definition) is 6. The number of Topliss-reactive ketones (excluding diaryl/α,β-unsaturated/α-hetero) is 1. The van der Waals surface area contributed by atoms with Crippen molar-refractivity contribution in [1.82, 2.24) is 15.0 Å². The third-order valence-corrected chi connectivity index (χ3v) is 6.96. The highest BCUT2D eigenvalue weighted by Gasteiger charge is 2.16. The van der Waals surface area contributed by atoms with Crippen molar-refractivity contribution in [3.05, 3.63) is 120 Å². The van der Waals surface area contributed by atoms with Crippen molar-refractivity contribution in [2.24, 2.45) is 0 Å². The van der Waals surface area contributed by atoms with E-state index in [0.717, 1.165) is 44.7 Å². The van der Waals surface area contributed by atoms with Crippen LogP contribution >= 0.6 is 0 Å². The molecule has 4 aromatic carbocycles. The van der Waals surface area contributed by atoms with Gasteiger partial charge in [-0.3, -0.25) is 9.78 Å². The van der Waals surface area contributed by atoms with Crippen molar-refractivity contribution in [2.75, 3.05) is 7.11 Å². The summed E-state index contributed by atoms with van der Waals surface area (Å²) in [4.78, 5) is 24.5. The Balaban J connectivity index is 1.29. The number of nitrogens with zero attached hydrogens (tertiary/aromatic N) is 3. The van der Waals surface area contributed by atoms with Crippen molar-refractivity contribution in [3.63, 3.8) is 0 Å². The fourth-order valence-electron chi connectivity index (χ4n) is 4.91. The summed E-state index contributed by atoms with van der Waals surface area (Å²) in [5.74, 6) is 0.957. The average Bonchev–Trinajstić information content (AvgIpc) is 2.97. The van der Waals surface area contributed by atoms with E-state index in [-0.39, 0.29) is 17.8 Å². The minimum atomic E-state index is -1.12. The molecule has 0 fully saturated rings. The smallest absolute Gasteiger partial charge is 0.311 e. The average molecular weight is 548 g/mol. The van der Waals surface area contributed by atoms with Crippen molar-refractivity contribution >= 4 is 27.5 Å². The highest BCUT2D eigenvalue weighted by molar-refractivity contribution is 6.10. The van der Waals surface area contributed by atoms with Crippen LogP contribution in [0.15, 0.2) is 91.3 Å². The third-order valence-electron chi connectivity index (χ3n) is 6.96. The van der Waals surface area contributed by atoms with Gasteiger partial charge < -0.3 is 9.47 Å². The normalized spacial score (nSPS) is 11.1. The van der Waals surface area contributed by atoms with Gasteiger partial charge in [0.1, 0.15) is 17.2 Å². The molecule has 0 N–H and O–H groups in total. The van der Waals surface area contributed by atoms with Gasteiger partial charge in [0.15, 0.2) is 5.78 Å². The second-order valence-corrected chi connectivity index (χ2v) is 9.55. The summed E-state index contributed by atoms with van der Waals surface area (Å²) in [5.41, 5.74) is 3.65. The molecule has 0 spiro atoms. The molecular weight excluding hydrogens is 524 g/mol. The number of ether oxygens (including phenoxy) is 2. The van der Waals surface area contributed by atoms with E-state index in [1.807, 2.05) is 49.4 Å². The molecule has 0 saturated carbocycles. The largest absolute Gasteiger partial charge is 0.496 e. The van der Waals surface area contributed by atoms with Gasteiger partial charge in [-0.15, -0.1) is 0 Å². The van der Waals surface area contributed by atoms with E-state index >= 15 is 0 Å². The molecule has 0 unspecified atom stereocenters. The molecule has 0 bridgehead atoms. The van der Waals surface area contributed by atoms with Gasteiger partial charge in [0.2, 0.25) is 5.95 Å². The molecule has 0 saturated heterocycles. The number of aryl methyl sites for hydroxylation is 1. The van der Waals surface area contributed by atoms with Gasteiger partial charge in [-0.05, 0) is 53.3 Å². The van der Waals surface area contributed by atoms with Crippen LogP contribution in [0.1, 0.15) is 21.5 Å². The van der Waals surface area contributed by atoms with Crippen LogP contribution in [0.4, 0.5) is 8.78 Å². The Bertz CT molecular complexity index is 1940. The van der Waals surface area contributed by atoms with Gasteiger partial charge in [-0.25, -0.2) is 4.98 Å². The van der Waals surface area contributed by atoms with E-state index in [0.29, 0.717) is 22.6 Å². The van der Waals surface area contributed by atoms with Crippen LogP contribution < -0.4 is 9.47 Å². The summed E-state index contributed by atoms with van der Waals surface area (Å²) < 4.78 is 39.0. The maximum atomic E-state index is 14.0. The highest BCUT2D eigenvalue weighted by Crippen LogP contribution is 2.36. The van der Waals surface area contributed by atoms with Gasteiger partial charge in [0.05, 0.1) is 18.2 Å². The molecule has 0 atom stereocenters. The molecule has 0 aliphatic rings.